The van der Waals surface area contributed by atoms with Crippen molar-refractivity contribution in [1.29, 1.82) is 0 Å². The molecule has 0 aliphatic carbocycles. The molecule has 0 spiro atoms. The second-order valence-electron chi connectivity index (χ2n) is 2.64. The Morgan fingerprint density at radius 1 is 1.13 bits per heavy atom. The fourth-order valence-corrected chi connectivity index (χ4v) is 0.847. The fourth-order valence-electron chi connectivity index (χ4n) is 0.847. The largest absolute Gasteiger partial charge is 0.363 e. The number of allylic oxidation sites excluding steroid dienone is 2. The minimum absolute atomic E-state index is 0. The average molecular weight is 211 g/mol. The second kappa shape index (κ2) is 9.25. The van der Waals surface area contributed by atoms with Gasteiger partial charge in [0, 0.05) is 5.56 Å². The van der Waals surface area contributed by atoms with Gasteiger partial charge in [0.25, 0.3) is 0 Å². The normalized spacial score (nSPS) is 7.47. The molecule has 1 rings (SSSR count). The lowest BCUT2D eigenvalue weighted by atomic mass is 10.1. The van der Waals surface area contributed by atoms with Crippen molar-refractivity contribution in [2.45, 2.75) is 42.5 Å². The van der Waals surface area contributed by atoms with E-state index in [1.165, 1.54) is 0 Å². The van der Waals surface area contributed by atoms with Crippen molar-refractivity contribution < 1.29 is 4.52 Å². The van der Waals surface area contributed by atoms with Gasteiger partial charge in [0.1, 0.15) is 12.0 Å². The Morgan fingerprint density at radius 3 is 1.87 bits per heavy atom. The van der Waals surface area contributed by atoms with Crippen LogP contribution < -0.4 is 0 Å². The molecule has 0 aliphatic heterocycles. The summed E-state index contributed by atoms with van der Waals surface area (Å²) in [5.41, 5.74) is 3.59. The van der Waals surface area contributed by atoms with Gasteiger partial charge in [-0.25, -0.2) is 0 Å². The lowest BCUT2D eigenvalue weighted by Gasteiger charge is -1.96. The quantitative estimate of drug-likeness (QED) is 0.685. The molecule has 0 atom stereocenters. The number of hydrogen-bond acceptors (Lipinski definition) is 2. The molecule has 0 aromatic carbocycles. The van der Waals surface area contributed by atoms with Gasteiger partial charge in [-0.2, -0.15) is 0 Å². The van der Waals surface area contributed by atoms with Crippen LogP contribution in [0.1, 0.15) is 53.8 Å². The smallest absolute Gasteiger partial charge is 0.131 e. The van der Waals surface area contributed by atoms with E-state index < -0.39 is 0 Å². The zero-order chi connectivity index (χ0) is 10.4. The van der Waals surface area contributed by atoms with E-state index in [0.29, 0.717) is 0 Å². The lowest BCUT2D eigenvalue weighted by molar-refractivity contribution is 0.417. The third-order valence-electron chi connectivity index (χ3n) is 1.43. The summed E-state index contributed by atoms with van der Waals surface area (Å²) in [7, 11) is 0. The van der Waals surface area contributed by atoms with Crippen LogP contribution >= 0.6 is 0 Å². The standard InChI is InChI=1S/C9H11NO.C2H6.2CH4/c1-6(2)8-5-11-10-9(8)7(3)4;1-2;;/h5H,1,3H2,2,4H3;1-2H3;2*1H4. The number of nitrogens with zero attached hydrogens (tertiary/aromatic N) is 1. The average Bonchev–Trinajstić information content (AvgIpc) is 2.55. The van der Waals surface area contributed by atoms with E-state index in [9.17, 15) is 0 Å². The molecular weight excluding hydrogens is 186 g/mol. The summed E-state index contributed by atoms with van der Waals surface area (Å²) in [6.45, 7) is 15.4. The predicted molar refractivity (Wildman–Crippen MR) is 70.7 cm³/mol. The van der Waals surface area contributed by atoms with Crippen LogP contribution in [0, 0.1) is 0 Å². The van der Waals surface area contributed by atoms with Crippen LogP contribution in [0.5, 0.6) is 0 Å². The fraction of sp³-hybridized carbons (Fsp3) is 0.462. The SMILES string of the molecule is C.C.C=C(C)c1conc1C(=C)C.CC. The summed E-state index contributed by atoms with van der Waals surface area (Å²) in [4.78, 5) is 0. The zero-order valence-corrected chi connectivity index (χ0v) is 8.85. The molecule has 2 nitrogen and oxygen atoms in total. The molecule has 0 amide bonds. The van der Waals surface area contributed by atoms with Crippen LogP contribution in [0.2, 0.25) is 0 Å². The van der Waals surface area contributed by atoms with E-state index in [0.717, 1.165) is 22.4 Å². The Kier molecular flexibility index (Phi) is 11.9. The van der Waals surface area contributed by atoms with E-state index in [4.69, 9.17) is 4.52 Å². The molecule has 0 radical (unpaired) electrons. The summed E-state index contributed by atoms with van der Waals surface area (Å²) in [5, 5.41) is 3.80. The molecule has 88 valence electrons. The molecule has 1 aromatic heterocycles. The summed E-state index contributed by atoms with van der Waals surface area (Å²) in [6, 6.07) is 0. The van der Waals surface area contributed by atoms with Crippen LogP contribution in [0.25, 0.3) is 11.1 Å². The minimum Gasteiger partial charge on any atom is -0.363 e. The second-order valence-corrected chi connectivity index (χ2v) is 2.64. The van der Waals surface area contributed by atoms with Crippen molar-refractivity contribution in [2.75, 3.05) is 0 Å². The molecule has 0 bridgehead atoms. The number of hydrogen-bond donors (Lipinski definition) is 0. The van der Waals surface area contributed by atoms with Crippen molar-refractivity contribution in [3.8, 4) is 0 Å². The van der Waals surface area contributed by atoms with Gasteiger partial charge in [-0.15, -0.1) is 0 Å². The molecule has 0 N–H and O–H groups in total. The lowest BCUT2D eigenvalue weighted by Crippen LogP contribution is -1.83. The number of aromatic nitrogens is 1. The van der Waals surface area contributed by atoms with Crippen LogP contribution in [0.4, 0.5) is 0 Å². The topological polar surface area (TPSA) is 26.0 Å². The van der Waals surface area contributed by atoms with E-state index in [-0.39, 0.29) is 14.9 Å². The van der Waals surface area contributed by atoms with Gasteiger partial charge >= 0.3 is 0 Å². The van der Waals surface area contributed by atoms with E-state index in [1.807, 2.05) is 27.7 Å². The Morgan fingerprint density at radius 2 is 1.60 bits per heavy atom. The molecule has 1 heterocycles. The maximum absolute atomic E-state index is 4.80. The van der Waals surface area contributed by atoms with E-state index in [1.54, 1.807) is 6.26 Å². The van der Waals surface area contributed by atoms with Crippen molar-refractivity contribution in [1.82, 2.24) is 5.16 Å². The van der Waals surface area contributed by atoms with Crippen molar-refractivity contribution in [3.05, 3.63) is 30.7 Å². The van der Waals surface area contributed by atoms with E-state index in [2.05, 4.69) is 18.3 Å². The first-order valence-corrected chi connectivity index (χ1v) is 4.39. The molecule has 0 unspecified atom stereocenters. The summed E-state index contributed by atoms with van der Waals surface area (Å²) in [6.07, 6.45) is 1.59. The van der Waals surface area contributed by atoms with Crippen LogP contribution in [0.15, 0.2) is 23.9 Å². The minimum atomic E-state index is 0. The summed E-state index contributed by atoms with van der Waals surface area (Å²) in [5.74, 6) is 0. The maximum Gasteiger partial charge on any atom is 0.131 e. The third-order valence-corrected chi connectivity index (χ3v) is 1.43. The van der Waals surface area contributed by atoms with Crippen LogP contribution in [0.3, 0.4) is 0 Å². The Balaban J connectivity index is -0.000000339. The molecule has 15 heavy (non-hydrogen) atoms. The first-order valence-electron chi connectivity index (χ1n) is 4.39. The van der Waals surface area contributed by atoms with Gasteiger partial charge < -0.3 is 4.52 Å². The summed E-state index contributed by atoms with van der Waals surface area (Å²) >= 11 is 0. The van der Waals surface area contributed by atoms with Gasteiger partial charge in [0.2, 0.25) is 0 Å². The van der Waals surface area contributed by atoms with Gasteiger partial charge in [0.05, 0.1) is 0 Å². The molecule has 0 fully saturated rings. The first kappa shape index (κ1) is 19.3. The van der Waals surface area contributed by atoms with Crippen LogP contribution in [-0.4, -0.2) is 5.16 Å². The van der Waals surface area contributed by atoms with Crippen molar-refractivity contribution in [2.24, 2.45) is 0 Å². The zero-order valence-electron chi connectivity index (χ0n) is 8.85. The molecule has 2 heteroatoms. The molecule has 0 saturated heterocycles. The van der Waals surface area contributed by atoms with Gasteiger partial charge in [-0.1, -0.05) is 47.0 Å². The van der Waals surface area contributed by atoms with Crippen molar-refractivity contribution >= 4 is 11.1 Å². The highest BCUT2D eigenvalue weighted by molar-refractivity contribution is 5.73. The Labute approximate surface area is 94.7 Å². The van der Waals surface area contributed by atoms with E-state index >= 15 is 0 Å². The highest BCUT2D eigenvalue weighted by atomic mass is 16.5. The van der Waals surface area contributed by atoms with Gasteiger partial charge in [-0.05, 0) is 25.0 Å². The Hall–Kier alpha value is -1.31. The molecule has 0 aliphatic rings. The van der Waals surface area contributed by atoms with Gasteiger partial charge in [0.15, 0.2) is 0 Å². The molecular formula is C13H25NO. The predicted octanol–water partition coefficient (Wildman–Crippen LogP) is 5.04. The molecule has 1 aromatic rings. The maximum atomic E-state index is 4.80. The third kappa shape index (κ3) is 5.21. The Bertz CT molecular complexity index is 269. The number of rotatable bonds is 2. The first-order chi connectivity index (χ1) is 6.13. The summed E-state index contributed by atoms with van der Waals surface area (Å²) < 4.78 is 4.80. The van der Waals surface area contributed by atoms with Crippen molar-refractivity contribution in [3.63, 3.8) is 0 Å². The highest BCUT2D eigenvalue weighted by Crippen LogP contribution is 2.21. The monoisotopic (exact) mass is 211 g/mol. The van der Waals surface area contributed by atoms with Crippen LogP contribution in [-0.2, 0) is 0 Å². The highest BCUT2D eigenvalue weighted by Gasteiger charge is 2.07. The van der Waals surface area contributed by atoms with Gasteiger partial charge in [-0.3, -0.25) is 0 Å². The molecule has 0 saturated carbocycles.